The van der Waals surface area contributed by atoms with Gasteiger partial charge in [0, 0.05) is 0 Å². The highest BCUT2D eigenvalue weighted by Crippen LogP contribution is 2.23. The Morgan fingerprint density at radius 3 is 1.58 bits per heavy atom. The molecule has 0 spiro atoms. The van der Waals surface area contributed by atoms with Crippen LogP contribution in [0.4, 0.5) is 0 Å². The predicted octanol–water partition coefficient (Wildman–Crippen LogP) is 4.35. The summed E-state index contributed by atoms with van der Waals surface area (Å²) < 4.78 is 0. The molecule has 0 heterocycles. The summed E-state index contributed by atoms with van der Waals surface area (Å²) in [4.78, 5) is 0. The maximum Gasteiger partial charge on any atom is -0.0417 e. The molecule has 74 valence electrons. The molecule has 0 aliphatic rings. The molecular formula is C12H26. The third-order valence-electron chi connectivity index (χ3n) is 2.79. The summed E-state index contributed by atoms with van der Waals surface area (Å²) in [6.45, 7) is 14.0. The minimum atomic E-state index is 0.847. The summed E-state index contributed by atoms with van der Waals surface area (Å²) in [6, 6.07) is 0. The van der Waals surface area contributed by atoms with Crippen molar-refractivity contribution in [1.82, 2.24) is 0 Å². The molecule has 0 heteroatoms. The van der Waals surface area contributed by atoms with E-state index in [1.54, 1.807) is 0 Å². The maximum absolute atomic E-state index is 2.39. The molecule has 0 aliphatic carbocycles. The molecule has 0 N–H and O–H groups in total. The van der Waals surface area contributed by atoms with Gasteiger partial charge in [-0.3, -0.25) is 0 Å². The van der Waals surface area contributed by atoms with Gasteiger partial charge in [0.15, 0.2) is 0 Å². The van der Waals surface area contributed by atoms with E-state index in [0.29, 0.717) is 0 Å². The molecule has 0 aromatic rings. The molecule has 2 atom stereocenters. The molecule has 0 rings (SSSR count). The van der Waals surface area contributed by atoms with E-state index >= 15 is 0 Å². The average Bonchev–Trinajstić information content (AvgIpc) is 1.84. The van der Waals surface area contributed by atoms with E-state index in [1.165, 1.54) is 12.8 Å². The fourth-order valence-electron chi connectivity index (χ4n) is 1.81. The molecule has 0 saturated heterocycles. The Labute approximate surface area is 78.8 Å². The third-order valence-corrected chi connectivity index (χ3v) is 2.79. The van der Waals surface area contributed by atoms with Crippen LogP contribution >= 0.6 is 0 Å². The first-order valence-corrected chi connectivity index (χ1v) is 5.43. The largest absolute Gasteiger partial charge is 0.0628 e. The predicted molar refractivity (Wildman–Crippen MR) is 57.2 cm³/mol. The fourth-order valence-corrected chi connectivity index (χ4v) is 1.81. The van der Waals surface area contributed by atoms with E-state index in [1.807, 2.05) is 0 Å². The smallest absolute Gasteiger partial charge is 0.0417 e. The maximum atomic E-state index is 2.39. The Bertz CT molecular complexity index is 103. The Hall–Kier alpha value is 0. The molecule has 0 saturated carbocycles. The van der Waals surface area contributed by atoms with Gasteiger partial charge in [-0.25, -0.2) is 0 Å². The van der Waals surface area contributed by atoms with Crippen LogP contribution in [-0.4, -0.2) is 0 Å². The molecule has 2 unspecified atom stereocenters. The van der Waals surface area contributed by atoms with E-state index in [4.69, 9.17) is 0 Å². The third kappa shape index (κ3) is 5.62. The average molecular weight is 170 g/mol. The monoisotopic (exact) mass is 170 g/mol. The Morgan fingerprint density at radius 1 is 0.750 bits per heavy atom. The summed E-state index contributed by atoms with van der Waals surface area (Å²) >= 11 is 0. The highest BCUT2D eigenvalue weighted by atomic mass is 14.2. The van der Waals surface area contributed by atoms with Crippen LogP contribution in [-0.2, 0) is 0 Å². The molecule has 12 heavy (non-hydrogen) atoms. The topological polar surface area (TPSA) is 0 Å². The van der Waals surface area contributed by atoms with Crippen molar-refractivity contribution in [1.29, 1.82) is 0 Å². The van der Waals surface area contributed by atoms with Gasteiger partial charge in [-0.05, 0) is 36.5 Å². The summed E-state index contributed by atoms with van der Waals surface area (Å²) in [6.07, 6.45) is 2.78. The number of hydrogen-bond acceptors (Lipinski definition) is 0. The van der Waals surface area contributed by atoms with Crippen molar-refractivity contribution < 1.29 is 0 Å². The van der Waals surface area contributed by atoms with Crippen LogP contribution in [0, 0.1) is 23.7 Å². The van der Waals surface area contributed by atoms with Crippen LogP contribution in [0.15, 0.2) is 0 Å². The van der Waals surface area contributed by atoms with Crippen molar-refractivity contribution >= 4 is 0 Å². The van der Waals surface area contributed by atoms with Gasteiger partial charge in [-0.15, -0.1) is 0 Å². The molecule has 0 radical (unpaired) electrons. The lowest BCUT2D eigenvalue weighted by atomic mass is 9.85. The molecular weight excluding hydrogens is 144 g/mol. The van der Waals surface area contributed by atoms with Gasteiger partial charge in [0.2, 0.25) is 0 Å². The molecule has 0 aliphatic heterocycles. The first kappa shape index (κ1) is 12.0. The zero-order valence-electron chi connectivity index (χ0n) is 9.72. The lowest BCUT2D eigenvalue weighted by Gasteiger charge is -2.21. The van der Waals surface area contributed by atoms with Crippen molar-refractivity contribution in [3.8, 4) is 0 Å². The van der Waals surface area contributed by atoms with E-state index in [2.05, 4.69) is 41.5 Å². The van der Waals surface area contributed by atoms with Crippen molar-refractivity contribution in [2.24, 2.45) is 23.7 Å². The van der Waals surface area contributed by atoms with Gasteiger partial charge in [0.25, 0.3) is 0 Å². The standard InChI is InChI=1S/C12H26/c1-9(2)7-11(5)8-12(6)10(3)4/h9-12H,7-8H2,1-6H3. The summed E-state index contributed by atoms with van der Waals surface area (Å²) in [7, 11) is 0. The highest BCUT2D eigenvalue weighted by molar-refractivity contribution is 4.63. The van der Waals surface area contributed by atoms with Gasteiger partial charge < -0.3 is 0 Å². The number of rotatable bonds is 5. The lowest BCUT2D eigenvalue weighted by Crippen LogP contribution is -2.10. The number of hydrogen-bond donors (Lipinski definition) is 0. The summed E-state index contributed by atoms with van der Waals surface area (Å²) in [5.74, 6) is 3.50. The second-order valence-electron chi connectivity index (χ2n) is 5.19. The molecule has 0 aromatic carbocycles. The highest BCUT2D eigenvalue weighted by Gasteiger charge is 2.12. The second kappa shape index (κ2) is 5.61. The van der Waals surface area contributed by atoms with Crippen molar-refractivity contribution in [3.63, 3.8) is 0 Å². The first-order valence-electron chi connectivity index (χ1n) is 5.43. The lowest BCUT2D eigenvalue weighted by molar-refractivity contribution is 0.301. The minimum Gasteiger partial charge on any atom is -0.0628 e. The molecule has 0 bridgehead atoms. The molecule has 0 aromatic heterocycles. The first-order chi connectivity index (χ1) is 5.43. The van der Waals surface area contributed by atoms with E-state index in [0.717, 1.165) is 23.7 Å². The summed E-state index contributed by atoms with van der Waals surface area (Å²) in [5.41, 5.74) is 0. The van der Waals surface area contributed by atoms with Crippen LogP contribution in [0.2, 0.25) is 0 Å². The fraction of sp³-hybridized carbons (Fsp3) is 1.00. The SMILES string of the molecule is CC(C)CC(C)CC(C)C(C)C. The van der Waals surface area contributed by atoms with E-state index in [-0.39, 0.29) is 0 Å². The van der Waals surface area contributed by atoms with Gasteiger partial charge in [0.05, 0.1) is 0 Å². The van der Waals surface area contributed by atoms with Crippen LogP contribution in [0.1, 0.15) is 54.4 Å². The Balaban J connectivity index is 3.61. The van der Waals surface area contributed by atoms with Crippen molar-refractivity contribution in [3.05, 3.63) is 0 Å². The van der Waals surface area contributed by atoms with E-state index < -0.39 is 0 Å². The van der Waals surface area contributed by atoms with Crippen molar-refractivity contribution in [2.45, 2.75) is 54.4 Å². The Morgan fingerprint density at radius 2 is 1.25 bits per heavy atom. The van der Waals surface area contributed by atoms with Gasteiger partial charge >= 0.3 is 0 Å². The minimum absolute atomic E-state index is 0.847. The normalized spacial score (nSPS) is 17.0. The summed E-state index contributed by atoms with van der Waals surface area (Å²) in [5, 5.41) is 0. The zero-order chi connectivity index (χ0) is 9.72. The van der Waals surface area contributed by atoms with Crippen LogP contribution in [0.5, 0.6) is 0 Å². The molecule has 0 nitrogen and oxygen atoms in total. The van der Waals surface area contributed by atoms with Gasteiger partial charge in [-0.2, -0.15) is 0 Å². The zero-order valence-corrected chi connectivity index (χ0v) is 9.72. The van der Waals surface area contributed by atoms with E-state index in [9.17, 15) is 0 Å². The van der Waals surface area contributed by atoms with Gasteiger partial charge in [0.1, 0.15) is 0 Å². The van der Waals surface area contributed by atoms with Crippen LogP contribution < -0.4 is 0 Å². The molecule has 0 fully saturated rings. The molecule has 0 amide bonds. The Kier molecular flexibility index (Phi) is 5.61. The second-order valence-corrected chi connectivity index (χ2v) is 5.19. The quantitative estimate of drug-likeness (QED) is 0.575. The van der Waals surface area contributed by atoms with Crippen molar-refractivity contribution in [2.75, 3.05) is 0 Å². The van der Waals surface area contributed by atoms with Gasteiger partial charge in [-0.1, -0.05) is 41.5 Å². The van der Waals surface area contributed by atoms with Crippen LogP contribution in [0.25, 0.3) is 0 Å². The van der Waals surface area contributed by atoms with Crippen LogP contribution in [0.3, 0.4) is 0 Å².